The molecule has 0 unspecified atom stereocenters. The van der Waals surface area contributed by atoms with Gasteiger partial charge in [0.05, 0.1) is 18.8 Å². The number of piperazine rings is 1. The maximum absolute atomic E-state index is 11.8. The summed E-state index contributed by atoms with van der Waals surface area (Å²) in [5.74, 6) is -0.174. The average molecular weight is 302 g/mol. The van der Waals surface area contributed by atoms with Crippen LogP contribution in [0.5, 0.6) is 0 Å². The van der Waals surface area contributed by atoms with Gasteiger partial charge in [-0.3, -0.25) is 14.7 Å². The normalized spacial score (nSPS) is 14.9. The second-order valence-electron chi connectivity index (χ2n) is 4.68. The van der Waals surface area contributed by atoms with Crippen LogP contribution in [0.4, 0.5) is 0 Å². The lowest BCUT2D eigenvalue weighted by Crippen LogP contribution is -2.51. The number of H-pyrrole nitrogens is 1. The molecule has 7 nitrogen and oxygen atoms in total. The monoisotopic (exact) mass is 301 g/mol. The maximum atomic E-state index is 11.8. The standard InChI is InChI=1S/C12H19N5O2.ClH/c1-8-10(9(2)16-15-8)5-14-11(18)7-17-4-3-13-6-12(17)19;/h13H,3-7H2,1-2H3,(H,14,18)(H,15,16);1H. The van der Waals surface area contributed by atoms with E-state index >= 15 is 0 Å². The Bertz CT molecular complexity index is 469. The summed E-state index contributed by atoms with van der Waals surface area (Å²) in [4.78, 5) is 24.9. The molecule has 112 valence electrons. The van der Waals surface area contributed by atoms with Crippen molar-refractivity contribution in [1.29, 1.82) is 0 Å². The Balaban J connectivity index is 0.00000200. The number of aryl methyl sites for hydroxylation is 2. The molecular formula is C12H20ClN5O2. The minimum absolute atomic E-state index is 0. The van der Waals surface area contributed by atoms with Crippen LogP contribution in [-0.2, 0) is 16.1 Å². The van der Waals surface area contributed by atoms with Crippen molar-refractivity contribution in [2.75, 3.05) is 26.2 Å². The van der Waals surface area contributed by atoms with Crippen LogP contribution >= 0.6 is 12.4 Å². The number of nitrogens with one attached hydrogen (secondary N) is 3. The molecule has 0 bridgehead atoms. The quantitative estimate of drug-likeness (QED) is 0.699. The Hall–Kier alpha value is -1.60. The molecule has 0 atom stereocenters. The topological polar surface area (TPSA) is 90.1 Å². The van der Waals surface area contributed by atoms with Gasteiger partial charge in [0.25, 0.3) is 0 Å². The SMILES string of the molecule is Cc1n[nH]c(C)c1CNC(=O)CN1CCNCC1=O.Cl. The second-order valence-corrected chi connectivity index (χ2v) is 4.68. The molecule has 0 spiro atoms. The summed E-state index contributed by atoms with van der Waals surface area (Å²) >= 11 is 0. The van der Waals surface area contributed by atoms with E-state index in [1.165, 1.54) is 0 Å². The molecule has 2 rings (SSSR count). The van der Waals surface area contributed by atoms with E-state index in [0.717, 1.165) is 23.5 Å². The molecule has 0 saturated carbocycles. The van der Waals surface area contributed by atoms with Crippen LogP contribution in [0.25, 0.3) is 0 Å². The van der Waals surface area contributed by atoms with E-state index in [9.17, 15) is 9.59 Å². The number of aromatic amines is 1. The summed E-state index contributed by atoms with van der Waals surface area (Å²) in [5.41, 5.74) is 2.84. The second kappa shape index (κ2) is 7.25. The van der Waals surface area contributed by atoms with Gasteiger partial charge in [0.1, 0.15) is 0 Å². The summed E-state index contributed by atoms with van der Waals surface area (Å²) in [6, 6.07) is 0. The molecule has 20 heavy (non-hydrogen) atoms. The van der Waals surface area contributed by atoms with Crippen molar-refractivity contribution in [2.45, 2.75) is 20.4 Å². The van der Waals surface area contributed by atoms with Crippen molar-refractivity contribution in [1.82, 2.24) is 25.7 Å². The first-order valence-corrected chi connectivity index (χ1v) is 6.33. The summed E-state index contributed by atoms with van der Waals surface area (Å²) in [6.45, 7) is 6.00. The van der Waals surface area contributed by atoms with Gasteiger partial charge in [-0.15, -0.1) is 12.4 Å². The molecule has 0 aliphatic carbocycles. The number of halogens is 1. The smallest absolute Gasteiger partial charge is 0.239 e. The van der Waals surface area contributed by atoms with E-state index < -0.39 is 0 Å². The molecule has 0 radical (unpaired) electrons. The summed E-state index contributed by atoms with van der Waals surface area (Å²) in [6.07, 6.45) is 0. The van der Waals surface area contributed by atoms with Crippen LogP contribution in [0, 0.1) is 13.8 Å². The number of hydrogen-bond donors (Lipinski definition) is 3. The van der Waals surface area contributed by atoms with Gasteiger partial charge >= 0.3 is 0 Å². The van der Waals surface area contributed by atoms with E-state index in [-0.39, 0.29) is 30.8 Å². The predicted molar refractivity (Wildman–Crippen MR) is 76.6 cm³/mol. The molecule has 0 aromatic carbocycles. The van der Waals surface area contributed by atoms with E-state index in [4.69, 9.17) is 0 Å². The highest BCUT2D eigenvalue weighted by atomic mass is 35.5. The molecule has 3 N–H and O–H groups in total. The number of amides is 2. The number of nitrogens with zero attached hydrogens (tertiary/aromatic N) is 2. The summed E-state index contributed by atoms with van der Waals surface area (Å²) in [5, 5.41) is 12.7. The van der Waals surface area contributed by atoms with Crippen LogP contribution in [-0.4, -0.2) is 53.1 Å². The lowest BCUT2D eigenvalue weighted by molar-refractivity contribution is -0.136. The molecule has 1 fully saturated rings. The molecule has 1 saturated heterocycles. The van der Waals surface area contributed by atoms with E-state index in [2.05, 4.69) is 20.8 Å². The first-order valence-electron chi connectivity index (χ1n) is 6.33. The van der Waals surface area contributed by atoms with Crippen LogP contribution in [0.1, 0.15) is 17.0 Å². The third-order valence-electron chi connectivity index (χ3n) is 3.26. The van der Waals surface area contributed by atoms with Crippen LogP contribution < -0.4 is 10.6 Å². The summed E-state index contributed by atoms with van der Waals surface area (Å²) in [7, 11) is 0. The Morgan fingerprint density at radius 2 is 2.20 bits per heavy atom. The van der Waals surface area contributed by atoms with Crippen molar-refractivity contribution in [2.24, 2.45) is 0 Å². The number of rotatable bonds is 4. The highest BCUT2D eigenvalue weighted by molar-refractivity contribution is 5.86. The zero-order chi connectivity index (χ0) is 13.8. The maximum Gasteiger partial charge on any atom is 0.239 e. The van der Waals surface area contributed by atoms with Gasteiger partial charge < -0.3 is 15.5 Å². The number of aromatic nitrogens is 2. The minimum atomic E-state index is -0.143. The third-order valence-corrected chi connectivity index (χ3v) is 3.26. The Kier molecular flexibility index (Phi) is 5.97. The lowest BCUT2D eigenvalue weighted by atomic mass is 10.2. The van der Waals surface area contributed by atoms with Gasteiger partial charge in [0.2, 0.25) is 11.8 Å². The van der Waals surface area contributed by atoms with Gasteiger partial charge in [0.15, 0.2) is 0 Å². The van der Waals surface area contributed by atoms with Crippen molar-refractivity contribution in [3.63, 3.8) is 0 Å². The fourth-order valence-corrected chi connectivity index (χ4v) is 2.06. The zero-order valence-corrected chi connectivity index (χ0v) is 12.5. The van der Waals surface area contributed by atoms with Gasteiger partial charge in [0, 0.05) is 30.9 Å². The minimum Gasteiger partial charge on any atom is -0.350 e. The highest BCUT2D eigenvalue weighted by Gasteiger charge is 2.20. The van der Waals surface area contributed by atoms with E-state index in [0.29, 0.717) is 19.6 Å². The van der Waals surface area contributed by atoms with Crippen LogP contribution in [0.2, 0.25) is 0 Å². The van der Waals surface area contributed by atoms with Crippen LogP contribution in [0.15, 0.2) is 0 Å². The number of carbonyl (C=O) groups is 2. The van der Waals surface area contributed by atoms with Crippen molar-refractivity contribution >= 4 is 24.2 Å². The first-order chi connectivity index (χ1) is 9.08. The van der Waals surface area contributed by atoms with Gasteiger partial charge in [-0.1, -0.05) is 0 Å². The first kappa shape index (κ1) is 16.5. The van der Waals surface area contributed by atoms with Crippen molar-refractivity contribution in [3.05, 3.63) is 17.0 Å². The van der Waals surface area contributed by atoms with Crippen molar-refractivity contribution < 1.29 is 9.59 Å². The molecule has 8 heteroatoms. The van der Waals surface area contributed by atoms with E-state index in [1.807, 2.05) is 13.8 Å². The Morgan fingerprint density at radius 3 is 2.80 bits per heavy atom. The largest absolute Gasteiger partial charge is 0.350 e. The Labute approximate surface area is 123 Å². The number of carbonyl (C=O) groups excluding carboxylic acids is 2. The molecule has 1 aliphatic rings. The molecule has 2 heterocycles. The average Bonchev–Trinajstić information content (AvgIpc) is 2.70. The van der Waals surface area contributed by atoms with Gasteiger partial charge in [-0.05, 0) is 13.8 Å². The molecule has 1 aromatic rings. The summed E-state index contributed by atoms with van der Waals surface area (Å²) < 4.78 is 0. The van der Waals surface area contributed by atoms with Crippen LogP contribution in [0.3, 0.4) is 0 Å². The third kappa shape index (κ3) is 3.94. The van der Waals surface area contributed by atoms with Crippen molar-refractivity contribution in [3.8, 4) is 0 Å². The fraction of sp³-hybridized carbons (Fsp3) is 0.583. The fourth-order valence-electron chi connectivity index (χ4n) is 2.06. The van der Waals surface area contributed by atoms with E-state index in [1.54, 1.807) is 4.90 Å². The molecule has 1 aliphatic heterocycles. The molecule has 1 aromatic heterocycles. The van der Waals surface area contributed by atoms with Gasteiger partial charge in [-0.2, -0.15) is 5.10 Å². The highest BCUT2D eigenvalue weighted by Crippen LogP contribution is 2.08. The molecule has 2 amide bonds. The lowest BCUT2D eigenvalue weighted by Gasteiger charge is -2.26. The van der Waals surface area contributed by atoms with Gasteiger partial charge in [-0.25, -0.2) is 0 Å². The zero-order valence-electron chi connectivity index (χ0n) is 11.7. The Morgan fingerprint density at radius 1 is 1.45 bits per heavy atom. The number of hydrogen-bond acceptors (Lipinski definition) is 4. The molecular weight excluding hydrogens is 282 g/mol. The predicted octanol–water partition coefficient (Wildman–Crippen LogP) is -0.504.